The van der Waals surface area contributed by atoms with E-state index in [4.69, 9.17) is 14.0 Å². The van der Waals surface area contributed by atoms with Crippen molar-refractivity contribution in [3.8, 4) is 34.3 Å². The van der Waals surface area contributed by atoms with Crippen LogP contribution in [0.2, 0.25) is 0 Å². The fraction of sp³-hybridized carbons (Fsp3) is 0.286. The number of ether oxygens (including phenoxy) is 2. The standard InChI is InChI=1S/C21H20N6O3S/c1-28-15-7-8-16(17(10-15)29-2)19-23-18(30-26-19)12-31-21-25-24-20(27(21)14-5-6-14)13-4-3-9-22-11-13/h3-4,7-11,14H,5-6,12H2,1-2H3. The van der Waals surface area contributed by atoms with Crippen LogP contribution in [0.3, 0.4) is 0 Å². The van der Waals surface area contributed by atoms with E-state index in [9.17, 15) is 0 Å². The van der Waals surface area contributed by atoms with Gasteiger partial charge in [-0.2, -0.15) is 4.98 Å². The normalized spacial score (nSPS) is 13.4. The number of thioether (sulfide) groups is 1. The first-order valence-electron chi connectivity index (χ1n) is 9.80. The van der Waals surface area contributed by atoms with Gasteiger partial charge in [-0.1, -0.05) is 16.9 Å². The first-order valence-corrected chi connectivity index (χ1v) is 10.8. The number of methoxy groups -OCH3 is 2. The molecule has 0 atom stereocenters. The molecule has 1 aromatic carbocycles. The zero-order chi connectivity index (χ0) is 21.2. The summed E-state index contributed by atoms with van der Waals surface area (Å²) in [6.45, 7) is 0. The number of nitrogens with zero attached hydrogens (tertiary/aromatic N) is 6. The lowest BCUT2D eigenvalue weighted by Gasteiger charge is -2.07. The summed E-state index contributed by atoms with van der Waals surface area (Å²) in [6, 6.07) is 9.80. The average Bonchev–Trinajstić information content (AvgIpc) is 3.39. The second-order valence-corrected chi connectivity index (χ2v) is 7.96. The second kappa shape index (κ2) is 8.38. The van der Waals surface area contributed by atoms with Crippen LogP contribution in [0.15, 0.2) is 52.4 Å². The van der Waals surface area contributed by atoms with E-state index in [-0.39, 0.29) is 0 Å². The highest BCUT2D eigenvalue weighted by Gasteiger charge is 2.30. The van der Waals surface area contributed by atoms with Crippen molar-refractivity contribution < 1.29 is 14.0 Å². The van der Waals surface area contributed by atoms with Gasteiger partial charge in [0.1, 0.15) is 11.5 Å². The lowest BCUT2D eigenvalue weighted by molar-refractivity contribution is 0.388. The van der Waals surface area contributed by atoms with Gasteiger partial charge >= 0.3 is 0 Å². The van der Waals surface area contributed by atoms with E-state index in [1.807, 2.05) is 30.5 Å². The summed E-state index contributed by atoms with van der Waals surface area (Å²) in [7, 11) is 3.21. The number of hydrogen-bond acceptors (Lipinski definition) is 9. The van der Waals surface area contributed by atoms with Crippen molar-refractivity contribution >= 4 is 11.8 Å². The number of rotatable bonds is 8. The molecule has 4 aromatic rings. The van der Waals surface area contributed by atoms with Crippen molar-refractivity contribution in [1.82, 2.24) is 29.9 Å². The molecule has 9 nitrogen and oxygen atoms in total. The number of benzene rings is 1. The fourth-order valence-corrected chi connectivity index (χ4v) is 4.10. The van der Waals surface area contributed by atoms with Gasteiger partial charge in [-0.3, -0.25) is 9.55 Å². The van der Waals surface area contributed by atoms with E-state index in [2.05, 4.69) is 29.9 Å². The summed E-state index contributed by atoms with van der Waals surface area (Å²) in [5.74, 6) is 3.62. The van der Waals surface area contributed by atoms with Crippen LogP contribution in [0.4, 0.5) is 0 Å². The Bertz CT molecular complexity index is 1190. The Labute approximate surface area is 182 Å². The highest BCUT2D eigenvalue weighted by molar-refractivity contribution is 7.98. The summed E-state index contributed by atoms with van der Waals surface area (Å²) in [4.78, 5) is 8.73. The monoisotopic (exact) mass is 436 g/mol. The maximum Gasteiger partial charge on any atom is 0.237 e. The molecule has 1 aliphatic carbocycles. The number of hydrogen-bond donors (Lipinski definition) is 0. The Morgan fingerprint density at radius 1 is 1.16 bits per heavy atom. The molecule has 5 rings (SSSR count). The van der Waals surface area contributed by atoms with Gasteiger partial charge in [-0.05, 0) is 37.1 Å². The van der Waals surface area contributed by atoms with E-state index < -0.39 is 0 Å². The van der Waals surface area contributed by atoms with Crippen LogP contribution in [0.1, 0.15) is 24.8 Å². The quantitative estimate of drug-likeness (QED) is 0.379. The molecule has 0 N–H and O–H groups in total. The van der Waals surface area contributed by atoms with Crippen LogP contribution < -0.4 is 9.47 Å². The lowest BCUT2D eigenvalue weighted by Crippen LogP contribution is -2.00. The topological polar surface area (TPSA) is 101 Å². The SMILES string of the molecule is COc1ccc(-c2noc(CSc3nnc(-c4cccnc4)n3C3CC3)n2)c(OC)c1. The molecule has 3 heterocycles. The molecule has 0 radical (unpaired) electrons. The Hall–Kier alpha value is -3.40. The highest BCUT2D eigenvalue weighted by atomic mass is 32.2. The van der Waals surface area contributed by atoms with Gasteiger partial charge in [0.2, 0.25) is 11.7 Å². The van der Waals surface area contributed by atoms with E-state index in [1.54, 1.807) is 26.5 Å². The van der Waals surface area contributed by atoms with Gasteiger partial charge in [-0.25, -0.2) is 0 Å². The van der Waals surface area contributed by atoms with Gasteiger partial charge in [-0.15, -0.1) is 10.2 Å². The Kier molecular flexibility index (Phi) is 5.29. The zero-order valence-electron chi connectivity index (χ0n) is 17.1. The molecule has 0 amide bonds. The molecule has 0 aliphatic heterocycles. The van der Waals surface area contributed by atoms with Crippen molar-refractivity contribution in [3.05, 3.63) is 48.6 Å². The zero-order valence-corrected chi connectivity index (χ0v) is 17.9. The third-order valence-electron chi connectivity index (χ3n) is 4.94. The van der Waals surface area contributed by atoms with E-state index in [0.717, 1.165) is 34.9 Å². The largest absolute Gasteiger partial charge is 0.497 e. The summed E-state index contributed by atoms with van der Waals surface area (Å²) in [6.07, 6.45) is 5.81. The van der Waals surface area contributed by atoms with Crippen molar-refractivity contribution in [2.45, 2.75) is 29.8 Å². The molecule has 1 fully saturated rings. The van der Waals surface area contributed by atoms with E-state index >= 15 is 0 Å². The molecule has 158 valence electrons. The van der Waals surface area contributed by atoms with Crippen molar-refractivity contribution in [1.29, 1.82) is 0 Å². The van der Waals surface area contributed by atoms with Crippen LogP contribution in [0.25, 0.3) is 22.8 Å². The number of pyridine rings is 1. The molecular weight excluding hydrogens is 416 g/mol. The average molecular weight is 436 g/mol. The summed E-state index contributed by atoms with van der Waals surface area (Å²) in [5, 5.41) is 13.8. The molecule has 0 saturated heterocycles. The second-order valence-electron chi connectivity index (χ2n) is 7.02. The van der Waals surface area contributed by atoms with Gasteiger partial charge in [0.25, 0.3) is 0 Å². The molecule has 0 bridgehead atoms. The molecule has 0 unspecified atom stereocenters. The molecule has 10 heteroatoms. The third-order valence-corrected chi connectivity index (χ3v) is 5.87. The van der Waals surface area contributed by atoms with Crippen molar-refractivity contribution in [3.63, 3.8) is 0 Å². The van der Waals surface area contributed by atoms with Gasteiger partial charge in [0, 0.05) is 30.1 Å². The predicted octanol–water partition coefficient (Wildman–Crippen LogP) is 4.03. The number of aromatic nitrogens is 6. The minimum absolute atomic E-state index is 0.425. The summed E-state index contributed by atoms with van der Waals surface area (Å²) < 4.78 is 18.3. The lowest BCUT2D eigenvalue weighted by atomic mass is 10.2. The van der Waals surface area contributed by atoms with Gasteiger partial charge in [0.15, 0.2) is 11.0 Å². The summed E-state index contributed by atoms with van der Waals surface area (Å²) >= 11 is 1.53. The van der Waals surface area contributed by atoms with E-state index in [0.29, 0.717) is 35.0 Å². The maximum atomic E-state index is 5.47. The van der Waals surface area contributed by atoms with Crippen LogP contribution in [-0.4, -0.2) is 44.1 Å². The minimum atomic E-state index is 0.425. The third kappa shape index (κ3) is 3.98. The minimum Gasteiger partial charge on any atom is -0.497 e. The highest BCUT2D eigenvalue weighted by Crippen LogP contribution is 2.41. The van der Waals surface area contributed by atoms with Crippen LogP contribution in [0.5, 0.6) is 11.5 Å². The Morgan fingerprint density at radius 3 is 2.81 bits per heavy atom. The van der Waals surface area contributed by atoms with Crippen molar-refractivity contribution in [2.24, 2.45) is 0 Å². The molecule has 0 spiro atoms. The summed E-state index contributed by atoms with van der Waals surface area (Å²) in [5.41, 5.74) is 1.70. The molecule has 1 saturated carbocycles. The Morgan fingerprint density at radius 2 is 2.06 bits per heavy atom. The van der Waals surface area contributed by atoms with Crippen LogP contribution in [-0.2, 0) is 5.75 Å². The molecule has 31 heavy (non-hydrogen) atoms. The van der Waals surface area contributed by atoms with Gasteiger partial charge < -0.3 is 14.0 Å². The van der Waals surface area contributed by atoms with Gasteiger partial charge in [0.05, 0.1) is 25.5 Å². The molecular formula is C21H20N6O3S. The molecule has 1 aliphatic rings. The fourth-order valence-electron chi connectivity index (χ4n) is 3.26. The van der Waals surface area contributed by atoms with Crippen LogP contribution >= 0.6 is 11.8 Å². The molecule has 3 aromatic heterocycles. The first kappa shape index (κ1) is 19.6. The maximum absolute atomic E-state index is 5.47. The van der Waals surface area contributed by atoms with Crippen LogP contribution in [0, 0.1) is 0 Å². The van der Waals surface area contributed by atoms with E-state index in [1.165, 1.54) is 11.8 Å². The van der Waals surface area contributed by atoms with Crippen molar-refractivity contribution in [2.75, 3.05) is 14.2 Å². The smallest absolute Gasteiger partial charge is 0.237 e. The predicted molar refractivity (Wildman–Crippen MR) is 114 cm³/mol. The Balaban J connectivity index is 1.35. The first-order chi connectivity index (χ1) is 15.3.